The van der Waals surface area contributed by atoms with Crippen LogP contribution < -0.4 is 10.1 Å². The molecule has 2 aromatic rings. The first-order chi connectivity index (χ1) is 10.5. The minimum atomic E-state index is -0.116. The highest BCUT2D eigenvalue weighted by molar-refractivity contribution is 6.42. The van der Waals surface area contributed by atoms with Crippen molar-refractivity contribution in [3.8, 4) is 5.75 Å². The van der Waals surface area contributed by atoms with Crippen molar-refractivity contribution >= 4 is 29.1 Å². The quantitative estimate of drug-likeness (QED) is 0.857. The van der Waals surface area contributed by atoms with Crippen molar-refractivity contribution < 1.29 is 9.53 Å². The van der Waals surface area contributed by atoms with Crippen LogP contribution in [-0.2, 0) is 6.61 Å². The third-order valence-electron chi connectivity index (χ3n) is 2.91. The van der Waals surface area contributed by atoms with Gasteiger partial charge in [-0.2, -0.15) is 0 Å². The van der Waals surface area contributed by atoms with Gasteiger partial charge in [0.2, 0.25) is 0 Å². The molecule has 1 amide bonds. The van der Waals surface area contributed by atoms with E-state index in [0.717, 1.165) is 5.56 Å². The van der Waals surface area contributed by atoms with E-state index in [1.807, 2.05) is 26.0 Å². The fourth-order valence-corrected chi connectivity index (χ4v) is 2.19. The van der Waals surface area contributed by atoms with Gasteiger partial charge in [0.05, 0.1) is 10.0 Å². The number of halogens is 2. The second-order valence-electron chi connectivity index (χ2n) is 5.19. The Morgan fingerprint density at radius 3 is 2.59 bits per heavy atom. The fraction of sp³-hybridized carbons (Fsp3) is 0.235. The molecule has 22 heavy (non-hydrogen) atoms. The van der Waals surface area contributed by atoms with Crippen LogP contribution in [0.4, 0.5) is 0 Å². The van der Waals surface area contributed by atoms with Gasteiger partial charge in [-0.3, -0.25) is 4.79 Å². The predicted octanol–water partition coefficient (Wildman–Crippen LogP) is 4.71. The van der Waals surface area contributed by atoms with Gasteiger partial charge in [0, 0.05) is 11.6 Å². The molecule has 0 unspecified atom stereocenters. The molecule has 0 radical (unpaired) electrons. The van der Waals surface area contributed by atoms with E-state index >= 15 is 0 Å². The largest absolute Gasteiger partial charge is 0.489 e. The Labute approximate surface area is 140 Å². The lowest BCUT2D eigenvalue weighted by Gasteiger charge is -2.11. The second kappa shape index (κ2) is 7.52. The van der Waals surface area contributed by atoms with E-state index < -0.39 is 0 Å². The summed E-state index contributed by atoms with van der Waals surface area (Å²) in [7, 11) is 0. The summed E-state index contributed by atoms with van der Waals surface area (Å²) in [4.78, 5) is 12.0. The second-order valence-corrected chi connectivity index (χ2v) is 6.01. The van der Waals surface area contributed by atoms with Gasteiger partial charge in [-0.25, -0.2) is 0 Å². The maximum absolute atomic E-state index is 12.0. The number of benzene rings is 2. The number of nitrogens with one attached hydrogen (secondary N) is 1. The van der Waals surface area contributed by atoms with Crippen LogP contribution in [-0.4, -0.2) is 11.9 Å². The highest BCUT2D eigenvalue weighted by atomic mass is 35.5. The van der Waals surface area contributed by atoms with Crippen molar-refractivity contribution in [1.82, 2.24) is 5.32 Å². The third kappa shape index (κ3) is 4.65. The molecule has 116 valence electrons. The molecule has 3 nitrogen and oxygen atoms in total. The summed E-state index contributed by atoms with van der Waals surface area (Å²) >= 11 is 11.8. The van der Waals surface area contributed by atoms with Crippen LogP contribution in [0.3, 0.4) is 0 Å². The Morgan fingerprint density at radius 1 is 1.14 bits per heavy atom. The SMILES string of the molecule is CC(C)NC(=O)c1cccc(OCc2ccc(Cl)c(Cl)c2)c1. The normalized spacial score (nSPS) is 10.6. The Hall–Kier alpha value is -1.71. The summed E-state index contributed by atoms with van der Waals surface area (Å²) < 4.78 is 5.70. The average Bonchev–Trinajstić information content (AvgIpc) is 2.48. The molecule has 5 heteroatoms. The van der Waals surface area contributed by atoms with Crippen molar-refractivity contribution in [2.75, 3.05) is 0 Å². The van der Waals surface area contributed by atoms with Crippen LogP contribution >= 0.6 is 23.2 Å². The topological polar surface area (TPSA) is 38.3 Å². The first-order valence-electron chi connectivity index (χ1n) is 6.93. The molecule has 0 aliphatic carbocycles. The first kappa shape index (κ1) is 16.7. The van der Waals surface area contributed by atoms with Crippen molar-refractivity contribution in [2.24, 2.45) is 0 Å². The van der Waals surface area contributed by atoms with E-state index in [2.05, 4.69) is 5.32 Å². The van der Waals surface area contributed by atoms with Crippen LogP contribution in [0.5, 0.6) is 5.75 Å². The molecule has 2 aromatic carbocycles. The zero-order chi connectivity index (χ0) is 16.1. The molecule has 0 aromatic heterocycles. The van der Waals surface area contributed by atoms with Crippen molar-refractivity contribution in [3.63, 3.8) is 0 Å². The van der Waals surface area contributed by atoms with E-state index in [1.165, 1.54) is 0 Å². The Balaban J connectivity index is 2.04. The van der Waals surface area contributed by atoms with Gasteiger partial charge in [-0.05, 0) is 49.7 Å². The van der Waals surface area contributed by atoms with Gasteiger partial charge in [0.25, 0.3) is 5.91 Å². The lowest BCUT2D eigenvalue weighted by atomic mass is 10.2. The maximum atomic E-state index is 12.0. The number of carbonyl (C=O) groups is 1. The summed E-state index contributed by atoms with van der Waals surface area (Å²) in [5.41, 5.74) is 1.48. The summed E-state index contributed by atoms with van der Waals surface area (Å²) in [6.07, 6.45) is 0. The number of carbonyl (C=O) groups excluding carboxylic acids is 1. The summed E-state index contributed by atoms with van der Waals surface area (Å²) in [6.45, 7) is 4.19. The van der Waals surface area contributed by atoms with Crippen LogP contribution in [0.1, 0.15) is 29.8 Å². The Kier molecular flexibility index (Phi) is 5.69. The smallest absolute Gasteiger partial charge is 0.251 e. The number of amides is 1. The number of rotatable bonds is 5. The molecule has 0 aliphatic heterocycles. The van der Waals surface area contributed by atoms with Gasteiger partial charge in [-0.15, -0.1) is 0 Å². The van der Waals surface area contributed by atoms with Crippen LogP contribution in [0.25, 0.3) is 0 Å². The van der Waals surface area contributed by atoms with E-state index in [1.54, 1.807) is 30.3 Å². The van der Waals surface area contributed by atoms with E-state index in [0.29, 0.717) is 28.0 Å². The van der Waals surface area contributed by atoms with Crippen molar-refractivity contribution in [3.05, 3.63) is 63.6 Å². The molecule has 0 fully saturated rings. The van der Waals surface area contributed by atoms with E-state index in [-0.39, 0.29) is 11.9 Å². The molecule has 2 rings (SSSR count). The molecule has 0 atom stereocenters. The monoisotopic (exact) mass is 337 g/mol. The standard InChI is InChI=1S/C17H17Cl2NO2/c1-11(2)20-17(21)13-4-3-5-14(9-13)22-10-12-6-7-15(18)16(19)8-12/h3-9,11H,10H2,1-2H3,(H,20,21). The molecule has 0 saturated heterocycles. The van der Waals surface area contributed by atoms with Crippen molar-refractivity contribution in [2.45, 2.75) is 26.5 Å². The summed E-state index contributed by atoms with van der Waals surface area (Å²) in [5, 5.41) is 3.85. The Morgan fingerprint density at radius 2 is 1.91 bits per heavy atom. The molecule has 0 saturated carbocycles. The zero-order valence-electron chi connectivity index (χ0n) is 12.4. The van der Waals surface area contributed by atoms with Gasteiger partial charge >= 0.3 is 0 Å². The van der Waals surface area contributed by atoms with E-state index in [4.69, 9.17) is 27.9 Å². The third-order valence-corrected chi connectivity index (χ3v) is 3.64. The van der Waals surface area contributed by atoms with Gasteiger partial charge in [-0.1, -0.05) is 35.3 Å². The first-order valence-corrected chi connectivity index (χ1v) is 7.69. The van der Waals surface area contributed by atoms with Crippen LogP contribution in [0.2, 0.25) is 10.0 Å². The fourth-order valence-electron chi connectivity index (χ4n) is 1.87. The average molecular weight is 338 g/mol. The van der Waals surface area contributed by atoms with Gasteiger partial charge in [0.15, 0.2) is 0 Å². The van der Waals surface area contributed by atoms with Crippen molar-refractivity contribution in [1.29, 1.82) is 0 Å². The van der Waals surface area contributed by atoms with Crippen LogP contribution in [0.15, 0.2) is 42.5 Å². The molecular weight excluding hydrogens is 321 g/mol. The predicted molar refractivity (Wildman–Crippen MR) is 89.8 cm³/mol. The number of hydrogen-bond acceptors (Lipinski definition) is 2. The van der Waals surface area contributed by atoms with Crippen LogP contribution in [0, 0.1) is 0 Å². The van der Waals surface area contributed by atoms with Gasteiger partial charge in [0.1, 0.15) is 12.4 Å². The summed E-state index contributed by atoms with van der Waals surface area (Å²) in [6, 6.07) is 12.5. The lowest BCUT2D eigenvalue weighted by Crippen LogP contribution is -2.29. The molecule has 0 heterocycles. The number of ether oxygens (including phenoxy) is 1. The summed E-state index contributed by atoms with van der Waals surface area (Å²) in [5.74, 6) is 0.512. The molecule has 1 N–H and O–H groups in total. The highest BCUT2D eigenvalue weighted by Crippen LogP contribution is 2.23. The molecule has 0 bridgehead atoms. The van der Waals surface area contributed by atoms with Gasteiger partial charge < -0.3 is 10.1 Å². The minimum Gasteiger partial charge on any atom is -0.489 e. The molecule has 0 aliphatic rings. The zero-order valence-corrected chi connectivity index (χ0v) is 13.9. The molecule has 0 spiro atoms. The lowest BCUT2D eigenvalue weighted by molar-refractivity contribution is 0.0942. The maximum Gasteiger partial charge on any atom is 0.251 e. The Bertz CT molecular complexity index is 671. The minimum absolute atomic E-state index is 0.0910. The number of hydrogen-bond donors (Lipinski definition) is 1. The van der Waals surface area contributed by atoms with E-state index in [9.17, 15) is 4.79 Å². The molecular formula is C17H17Cl2NO2. The highest BCUT2D eigenvalue weighted by Gasteiger charge is 2.08.